The van der Waals surface area contributed by atoms with Gasteiger partial charge in [-0.3, -0.25) is 9.80 Å². The fourth-order valence-corrected chi connectivity index (χ4v) is 3.68. The van der Waals surface area contributed by atoms with Crippen LogP contribution in [0.1, 0.15) is 22.5 Å². The molecule has 0 spiro atoms. The van der Waals surface area contributed by atoms with Crippen molar-refractivity contribution in [1.82, 2.24) is 19.8 Å². The number of aromatic amines is 1. The van der Waals surface area contributed by atoms with E-state index in [0.717, 1.165) is 61.7 Å². The molecular weight excluding hydrogens is 324 g/mol. The summed E-state index contributed by atoms with van der Waals surface area (Å²) in [6, 6.07) is 14.5. The van der Waals surface area contributed by atoms with Gasteiger partial charge in [-0.15, -0.1) is 0 Å². The number of aryl methyl sites for hydroxylation is 1. The first-order valence-electron chi connectivity index (χ1n) is 9.29. The van der Waals surface area contributed by atoms with Crippen molar-refractivity contribution in [2.24, 2.45) is 0 Å². The highest BCUT2D eigenvalue weighted by atomic mass is 16.3. The fraction of sp³-hybridized carbons (Fsp3) is 0.381. The van der Waals surface area contributed by atoms with Gasteiger partial charge in [0, 0.05) is 32.7 Å². The van der Waals surface area contributed by atoms with E-state index in [1.54, 1.807) is 0 Å². The van der Waals surface area contributed by atoms with Crippen LogP contribution in [0.2, 0.25) is 0 Å². The zero-order chi connectivity index (χ0) is 17.9. The van der Waals surface area contributed by atoms with Crippen LogP contribution in [0.4, 0.5) is 0 Å². The minimum atomic E-state index is 0.113. The molecule has 0 bridgehead atoms. The highest BCUT2D eigenvalue weighted by Crippen LogP contribution is 2.16. The molecule has 1 aliphatic heterocycles. The SMILES string of the molecule is Cc1ccc2nc(CN3CCN(Cc4ccccc4CO)CC3)[nH]c2c1. The van der Waals surface area contributed by atoms with Gasteiger partial charge in [-0.25, -0.2) is 4.98 Å². The molecule has 1 saturated heterocycles. The average Bonchev–Trinajstić information content (AvgIpc) is 3.05. The second-order valence-corrected chi connectivity index (χ2v) is 7.18. The number of nitrogens with zero attached hydrogens (tertiary/aromatic N) is 3. The third-order valence-electron chi connectivity index (χ3n) is 5.21. The Morgan fingerprint density at radius 3 is 2.38 bits per heavy atom. The maximum absolute atomic E-state index is 9.49. The number of piperazine rings is 1. The lowest BCUT2D eigenvalue weighted by atomic mass is 10.1. The van der Waals surface area contributed by atoms with Crippen LogP contribution in [-0.4, -0.2) is 51.1 Å². The quantitative estimate of drug-likeness (QED) is 0.743. The van der Waals surface area contributed by atoms with E-state index < -0.39 is 0 Å². The predicted octanol–water partition coefficient (Wildman–Crippen LogP) is 2.68. The van der Waals surface area contributed by atoms with E-state index in [-0.39, 0.29) is 6.61 Å². The smallest absolute Gasteiger partial charge is 0.121 e. The molecule has 0 saturated carbocycles. The van der Waals surface area contributed by atoms with Crippen molar-refractivity contribution in [1.29, 1.82) is 0 Å². The number of rotatable bonds is 5. The number of benzene rings is 2. The van der Waals surface area contributed by atoms with Gasteiger partial charge in [0.05, 0.1) is 24.2 Å². The van der Waals surface area contributed by atoms with E-state index >= 15 is 0 Å². The number of imidazole rings is 1. The molecule has 2 heterocycles. The van der Waals surface area contributed by atoms with E-state index in [1.165, 1.54) is 11.1 Å². The Bertz CT molecular complexity index is 881. The van der Waals surface area contributed by atoms with Crippen LogP contribution in [0.5, 0.6) is 0 Å². The zero-order valence-electron chi connectivity index (χ0n) is 15.3. The Labute approximate surface area is 154 Å². The summed E-state index contributed by atoms with van der Waals surface area (Å²) >= 11 is 0. The summed E-state index contributed by atoms with van der Waals surface area (Å²) in [5.41, 5.74) is 5.69. The normalized spacial score (nSPS) is 16.4. The maximum Gasteiger partial charge on any atom is 0.121 e. The van der Waals surface area contributed by atoms with Crippen LogP contribution in [0.15, 0.2) is 42.5 Å². The lowest BCUT2D eigenvalue weighted by Crippen LogP contribution is -2.45. The van der Waals surface area contributed by atoms with Gasteiger partial charge < -0.3 is 10.1 Å². The third-order valence-corrected chi connectivity index (χ3v) is 5.21. The van der Waals surface area contributed by atoms with Gasteiger partial charge in [0.2, 0.25) is 0 Å². The highest BCUT2D eigenvalue weighted by Gasteiger charge is 2.19. The van der Waals surface area contributed by atoms with E-state index in [2.05, 4.69) is 46.0 Å². The minimum Gasteiger partial charge on any atom is -0.392 e. The molecule has 0 atom stereocenters. The lowest BCUT2D eigenvalue weighted by Gasteiger charge is -2.34. The van der Waals surface area contributed by atoms with Crippen LogP contribution in [0, 0.1) is 6.92 Å². The number of hydrogen-bond donors (Lipinski definition) is 2. The van der Waals surface area contributed by atoms with E-state index in [4.69, 9.17) is 4.98 Å². The van der Waals surface area contributed by atoms with E-state index in [1.807, 2.05) is 18.2 Å². The fourth-order valence-electron chi connectivity index (χ4n) is 3.68. The summed E-state index contributed by atoms with van der Waals surface area (Å²) in [5, 5.41) is 9.49. The molecule has 4 rings (SSSR count). The largest absolute Gasteiger partial charge is 0.392 e. The number of aromatic nitrogens is 2. The second kappa shape index (κ2) is 7.58. The van der Waals surface area contributed by atoms with Gasteiger partial charge in [-0.1, -0.05) is 30.3 Å². The molecule has 1 fully saturated rings. The van der Waals surface area contributed by atoms with E-state index in [9.17, 15) is 5.11 Å². The summed E-state index contributed by atoms with van der Waals surface area (Å²) in [5.74, 6) is 1.05. The van der Waals surface area contributed by atoms with Crippen molar-refractivity contribution in [3.8, 4) is 0 Å². The molecule has 2 N–H and O–H groups in total. The number of aliphatic hydroxyl groups excluding tert-OH is 1. The molecule has 136 valence electrons. The lowest BCUT2D eigenvalue weighted by molar-refractivity contribution is 0.119. The standard InChI is InChI=1S/C21H26N4O/c1-16-6-7-19-20(12-16)23-21(22-19)14-25-10-8-24(9-11-25)13-17-4-2-3-5-18(17)15-26/h2-7,12,26H,8-11,13-15H2,1H3,(H,22,23). The molecule has 5 nitrogen and oxygen atoms in total. The molecule has 0 aliphatic carbocycles. The maximum atomic E-state index is 9.49. The molecule has 2 aromatic carbocycles. The first kappa shape index (κ1) is 17.2. The van der Waals surface area contributed by atoms with Crippen LogP contribution < -0.4 is 0 Å². The van der Waals surface area contributed by atoms with Crippen LogP contribution >= 0.6 is 0 Å². The monoisotopic (exact) mass is 350 g/mol. The Balaban J connectivity index is 1.34. The molecule has 0 radical (unpaired) electrons. The first-order chi connectivity index (χ1) is 12.7. The highest BCUT2D eigenvalue weighted by molar-refractivity contribution is 5.75. The van der Waals surface area contributed by atoms with Gasteiger partial charge in [0.25, 0.3) is 0 Å². The minimum absolute atomic E-state index is 0.113. The molecule has 1 aliphatic rings. The second-order valence-electron chi connectivity index (χ2n) is 7.18. The number of aliphatic hydroxyl groups is 1. The van der Waals surface area contributed by atoms with Crippen molar-refractivity contribution < 1.29 is 5.11 Å². The first-order valence-corrected chi connectivity index (χ1v) is 9.29. The number of hydrogen-bond acceptors (Lipinski definition) is 4. The van der Waals surface area contributed by atoms with Crippen molar-refractivity contribution in [3.05, 3.63) is 65.0 Å². The third kappa shape index (κ3) is 3.80. The van der Waals surface area contributed by atoms with Gasteiger partial charge in [-0.2, -0.15) is 0 Å². The number of nitrogens with one attached hydrogen (secondary N) is 1. The van der Waals surface area contributed by atoms with Crippen molar-refractivity contribution in [3.63, 3.8) is 0 Å². The Kier molecular flexibility index (Phi) is 5.02. The number of fused-ring (bicyclic) bond motifs is 1. The molecule has 26 heavy (non-hydrogen) atoms. The summed E-state index contributed by atoms with van der Waals surface area (Å²) in [7, 11) is 0. The predicted molar refractivity (Wildman–Crippen MR) is 104 cm³/mol. The van der Waals surface area contributed by atoms with Crippen LogP contribution in [0.25, 0.3) is 11.0 Å². The molecule has 3 aromatic rings. The molecule has 0 unspecified atom stereocenters. The topological polar surface area (TPSA) is 55.4 Å². The molecule has 0 amide bonds. The van der Waals surface area contributed by atoms with Gasteiger partial charge in [-0.05, 0) is 35.7 Å². The van der Waals surface area contributed by atoms with Crippen molar-refractivity contribution >= 4 is 11.0 Å². The molecule has 1 aromatic heterocycles. The van der Waals surface area contributed by atoms with Crippen LogP contribution in [0.3, 0.4) is 0 Å². The average molecular weight is 350 g/mol. The summed E-state index contributed by atoms with van der Waals surface area (Å²) in [4.78, 5) is 13.1. The van der Waals surface area contributed by atoms with Crippen molar-refractivity contribution in [2.75, 3.05) is 26.2 Å². The van der Waals surface area contributed by atoms with E-state index in [0.29, 0.717) is 0 Å². The Morgan fingerprint density at radius 1 is 0.962 bits per heavy atom. The van der Waals surface area contributed by atoms with Crippen molar-refractivity contribution in [2.45, 2.75) is 26.6 Å². The summed E-state index contributed by atoms with van der Waals surface area (Å²) < 4.78 is 0. The number of H-pyrrole nitrogens is 1. The van der Waals surface area contributed by atoms with Gasteiger partial charge in [0.15, 0.2) is 0 Å². The molecular formula is C21H26N4O. The Hall–Kier alpha value is -2.21. The summed E-state index contributed by atoms with van der Waals surface area (Å²) in [6.07, 6.45) is 0. The Morgan fingerprint density at radius 2 is 1.65 bits per heavy atom. The molecule has 5 heteroatoms. The van der Waals surface area contributed by atoms with Gasteiger partial charge in [0.1, 0.15) is 5.82 Å². The summed E-state index contributed by atoms with van der Waals surface area (Å²) in [6.45, 7) is 8.16. The van der Waals surface area contributed by atoms with Crippen LogP contribution in [-0.2, 0) is 19.7 Å². The van der Waals surface area contributed by atoms with Gasteiger partial charge >= 0.3 is 0 Å². The zero-order valence-corrected chi connectivity index (χ0v) is 15.3.